The molecule has 0 unspecified atom stereocenters. The lowest BCUT2D eigenvalue weighted by Crippen LogP contribution is -2.32. The van der Waals surface area contributed by atoms with Gasteiger partial charge in [0.25, 0.3) is 0 Å². The van der Waals surface area contributed by atoms with Crippen molar-refractivity contribution in [1.82, 2.24) is 19.8 Å². The van der Waals surface area contributed by atoms with Gasteiger partial charge in [0.15, 0.2) is 0 Å². The lowest BCUT2D eigenvalue weighted by Gasteiger charge is -2.27. The first-order valence-corrected chi connectivity index (χ1v) is 10.2. The van der Waals surface area contributed by atoms with Gasteiger partial charge in [-0.1, -0.05) is 39.0 Å². The van der Waals surface area contributed by atoms with E-state index in [0.717, 1.165) is 37.6 Å². The molecule has 1 aromatic carbocycles. The van der Waals surface area contributed by atoms with Crippen molar-refractivity contribution >= 4 is 11.0 Å². The second-order valence-electron chi connectivity index (χ2n) is 8.95. The number of pyridine rings is 1. The molecule has 5 heteroatoms. The third-order valence-electron chi connectivity index (χ3n) is 5.26. The topological polar surface area (TPSA) is 44.4 Å². The van der Waals surface area contributed by atoms with Gasteiger partial charge in [-0.25, -0.2) is 4.98 Å². The summed E-state index contributed by atoms with van der Waals surface area (Å²) >= 11 is 0. The standard InChI is InChI=1S/C24H34N4O/c1-24(2,3)22-20(19-11-9-13-25-23(19)26-22)17-28(15-14-27(4)5)16-18-10-7-8-12-21(18)29-6/h7-13H,14-17H2,1-6H3,(H,25,26). The average molecular weight is 395 g/mol. The molecular weight excluding hydrogens is 360 g/mol. The van der Waals surface area contributed by atoms with E-state index in [0.29, 0.717) is 0 Å². The molecule has 0 aliphatic heterocycles. The number of aromatic amines is 1. The molecule has 29 heavy (non-hydrogen) atoms. The van der Waals surface area contributed by atoms with E-state index in [1.165, 1.54) is 22.2 Å². The number of likely N-dealkylation sites (N-methyl/N-ethyl adjacent to an activating group) is 1. The van der Waals surface area contributed by atoms with Crippen LogP contribution in [-0.2, 0) is 18.5 Å². The van der Waals surface area contributed by atoms with Crippen LogP contribution in [0.25, 0.3) is 11.0 Å². The molecule has 0 fully saturated rings. The van der Waals surface area contributed by atoms with Crippen molar-refractivity contribution in [3.63, 3.8) is 0 Å². The molecule has 0 radical (unpaired) electrons. The average Bonchev–Trinajstić information content (AvgIpc) is 3.05. The molecule has 0 saturated heterocycles. The smallest absolute Gasteiger partial charge is 0.137 e. The molecule has 2 heterocycles. The van der Waals surface area contributed by atoms with E-state index in [1.807, 2.05) is 24.4 Å². The number of nitrogens with zero attached hydrogens (tertiary/aromatic N) is 3. The molecule has 0 aliphatic rings. The second-order valence-corrected chi connectivity index (χ2v) is 8.95. The molecule has 5 nitrogen and oxygen atoms in total. The predicted octanol–water partition coefficient (Wildman–Crippen LogP) is 4.43. The highest BCUT2D eigenvalue weighted by molar-refractivity contribution is 5.81. The molecule has 0 bridgehead atoms. The van der Waals surface area contributed by atoms with Crippen molar-refractivity contribution < 1.29 is 4.74 Å². The summed E-state index contributed by atoms with van der Waals surface area (Å²) in [6.07, 6.45) is 1.85. The Morgan fingerprint density at radius 1 is 1.00 bits per heavy atom. The zero-order chi connectivity index (χ0) is 21.0. The first kappa shape index (κ1) is 21.3. The normalized spacial score (nSPS) is 12.3. The van der Waals surface area contributed by atoms with Crippen LogP contribution in [0.15, 0.2) is 42.6 Å². The summed E-state index contributed by atoms with van der Waals surface area (Å²) in [5.74, 6) is 0.944. The fraction of sp³-hybridized carbons (Fsp3) is 0.458. The van der Waals surface area contributed by atoms with E-state index < -0.39 is 0 Å². The fourth-order valence-corrected chi connectivity index (χ4v) is 3.73. The number of methoxy groups -OCH3 is 1. The monoisotopic (exact) mass is 394 g/mol. The maximum absolute atomic E-state index is 5.60. The molecule has 1 N–H and O–H groups in total. The Bertz CT molecular complexity index is 939. The van der Waals surface area contributed by atoms with Gasteiger partial charge in [-0.05, 0) is 37.9 Å². The van der Waals surface area contributed by atoms with Crippen LogP contribution >= 0.6 is 0 Å². The van der Waals surface area contributed by atoms with Crippen molar-refractivity contribution in [2.45, 2.75) is 39.3 Å². The number of nitrogens with one attached hydrogen (secondary N) is 1. The van der Waals surface area contributed by atoms with Gasteiger partial charge in [0.2, 0.25) is 0 Å². The SMILES string of the molecule is COc1ccccc1CN(CCN(C)C)Cc1c(C(C)(C)C)[nH]c2ncccc12. The first-order chi connectivity index (χ1) is 13.8. The number of rotatable bonds is 8. The number of hydrogen-bond donors (Lipinski definition) is 1. The number of para-hydroxylation sites is 1. The Balaban J connectivity index is 1.97. The van der Waals surface area contributed by atoms with Gasteiger partial charge in [-0.2, -0.15) is 0 Å². The van der Waals surface area contributed by atoms with Gasteiger partial charge >= 0.3 is 0 Å². The maximum atomic E-state index is 5.60. The lowest BCUT2D eigenvalue weighted by molar-refractivity contribution is 0.223. The minimum Gasteiger partial charge on any atom is -0.496 e. The van der Waals surface area contributed by atoms with Crippen molar-refractivity contribution in [3.05, 3.63) is 59.4 Å². The molecule has 3 aromatic rings. The summed E-state index contributed by atoms with van der Waals surface area (Å²) in [5, 5.41) is 1.22. The van der Waals surface area contributed by atoms with Crippen molar-refractivity contribution in [1.29, 1.82) is 0 Å². The number of ether oxygens (including phenoxy) is 1. The van der Waals surface area contributed by atoms with Crippen molar-refractivity contribution in [2.24, 2.45) is 0 Å². The van der Waals surface area contributed by atoms with E-state index in [1.54, 1.807) is 7.11 Å². The fourth-order valence-electron chi connectivity index (χ4n) is 3.73. The van der Waals surface area contributed by atoms with Crippen LogP contribution in [0.5, 0.6) is 5.75 Å². The van der Waals surface area contributed by atoms with Crippen molar-refractivity contribution in [2.75, 3.05) is 34.3 Å². The van der Waals surface area contributed by atoms with Crippen LogP contribution in [0.1, 0.15) is 37.6 Å². The van der Waals surface area contributed by atoms with E-state index in [-0.39, 0.29) is 5.41 Å². The first-order valence-electron chi connectivity index (χ1n) is 10.2. The largest absolute Gasteiger partial charge is 0.496 e. The zero-order valence-electron chi connectivity index (χ0n) is 18.6. The molecule has 0 atom stereocenters. The zero-order valence-corrected chi connectivity index (χ0v) is 18.6. The van der Waals surface area contributed by atoms with Crippen LogP contribution in [0, 0.1) is 0 Å². The van der Waals surface area contributed by atoms with Gasteiger partial charge in [-0.15, -0.1) is 0 Å². The number of hydrogen-bond acceptors (Lipinski definition) is 4. The van der Waals surface area contributed by atoms with Gasteiger partial charge in [0.05, 0.1) is 7.11 Å². The molecule has 0 saturated carbocycles. The maximum Gasteiger partial charge on any atom is 0.137 e. The highest BCUT2D eigenvalue weighted by atomic mass is 16.5. The Kier molecular flexibility index (Phi) is 6.60. The van der Waals surface area contributed by atoms with Crippen LogP contribution in [0.2, 0.25) is 0 Å². The Morgan fingerprint density at radius 2 is 1.76 bits per heavy atom. The van der Waals surface area contributed by atoms with E-state index in [9.17, 15) is 0 Å². The summed E-state index contributed by atoms with van der Waals surface area (Å²) in [6, 6.07) is 12.5. The molecule has 156 valence electrons. The molecule has 0 spiro atoms. The van der Waals surface area contributed by atoms with E-state index >= 15 is 0 Å². The van der Waals surface area contributed by atoms with Crippen LogP contribution in [0.4, 0.5) is 0 Å². The van der Waals surface area contributed by atoms with Crippen LogP contribution in [0.3, 0.4) is 0 Å². The van der Waals surface area contributed by atoms with E-state index in [2.05, 4.69) is 72.8 Å². The number of benzene rings is 1. The molecule has 2 aromatic heterocycles. The Hall–Kier alpha value is -2.37. The Labute approximate surface area is 174 Å². The minimum absolute atomic E-state index is 0.0215. The number of aromatic nitrogens is 2. The third kappa shape index (κ3) is 5.17. The molecule has 3 rings (SSSR count). The quantitative estimate of drug-likeness (QED) is 0.614. The summed E-state index contributed by atoms with van der Waals surface area (Å²) < 4.78 is 5.60. The predicted molar refractivity (Wildman–Crippen MR) is 120 cm³/mol. The highest BCUT2D eigenvalue weighted by Gasteiger charge is 2.24. The number of H-pyrrole nitrogens is 1. The molecular formula is C24H34N4O. The van der Waals surface area contributed by atoms with Gasteiger partial charge < -0.3 is 14.6 Å². The van der Waals surface area contributed by atoms with Gasteiger partial charge in [0.1, 0.15) is 11.4 Å². The van der Waals surface area contributed by atoms with E-state index in [4.69, 9.17) is 4.74 Å². The van der Waals surface area contributed by atoms with Crippen LogP contribution in [-0.4, -0.2) is 54.1 Å². The summed E-state index contributed by atoms with van der Waals surface area (Å²) in [5.41, 5.74) is 4.81. The third-order valence-corrected chi connectivity index (χ3v) is 5.26. The summed E-state index contributed by atoms with van der Waals surface area (Å²) in [6.45, 7) is 10.4. The Morgan fingerprint density at radius 3 is 2.45 bits per heavy atom. The lowest BCUT2D eigenvalue weighted by atomic mass is 9.88. The van der Waals surface area contributed by atoms with Crippen molar-refractivity contribution in [3.8, 4) is 5.75 Å². The number of fused-ring (bicyclic) bond motifs is 1. The molecule has 0 amide bonds. The summed E-state index contributed by atoms with van der Waals surface area (Å²) in [4.78, 5) is 12.9. The second kappa shape index (κ2) is 8.97. The highest BCUT2D eigenvalue weighted by Crippen LogP contribution is 2.32. The van der Waals surface area contributed by atoms with Gasteiger partial charge in [-0.3, -0.25) is 4.90 Å². The van der Waals surface area contributed by atoms with Crippen LogP contribution < -0.4 is 4.74 Å². The molecule has 0 aliphatic carbocycles. The minimum atomic E-state index is 0.0215. The summed E-state index contributed by atoms with van der Waals surface area (Å²) in [7, 11) is 5.99. The van der Waals surface area contributed by atoms with Gasteiger partial charge in [0, 0.05) is 54.4 Å².